The van der Waals surface area contributed by atoms with E-state index >= 15 is 0 Å². The van der Waals surface area contributed by atoms with Crippen molar-refractivity contribution < 1.29 is 4.79 Å². The number of amides is 1. The second kappa shape index (κ2) is 6.76. The molecule has 1 heterocycles. The smallest absolute Gasteiger partial charge is 0.228 e. The van der Waals surface area contributed by atoms with Gasteiger partial charge in [-0.05, 0) is 30.5 Å². The van der Waals surface area contributed by atoms with Crippen LogP contribution in [0.2, 0.25) is 5.02 Å². The Balaban J connectivity index is 2.14. The summed E-state index contributed by atoms with van der Waals surface area (Å²) in [7, 11) is 0. The van der Waals surface area contributed by atoms with Crippen molar-refractivity contribution in [3.63, 3.8) is 0 Å². The van der Waals surface area contributed by atoms with Crippen LogP contribution in [0.3, 0.4) is 0 Å². The number of imidazole rings is 1. The zero-order valence-electron chi connectivity index (χ0n) is 12.4. The van der Waals surface area contributed by atoms with Crippen molar-refractivity contribution in [3.05, 3.63) is 53.1 Å². The maximum Gasteiger partial charge on any atom is 0.228 e. The van der Waals surface area contributed by atoms with Crippen molar-refractivity contribution in [2.75, 3.05) is 0 Å². The number of aromatic nitrogens is 2. The molecule has 0 aliphatic rings. The van der Waals surface area contributed by atoms with Crippen LogP contribution < -0.4 is 5.32 Å². The van der Waals surface area contributed by atoms with Crippen LogP contribution >= 0.6 is 11.6 Å². The third-order valence-corrected chi connectivity index (χ3v) is 3.72. The molecule has 4 nitrogen and oxygen atoms in total. The van der Waals surface area contributed by atoms with Gasteiger partial charge in [0.2, 0.25) is 5.91 Å². The van der Waals surface area contributed by atoms with E-state index in [1.54, 1.807) is 12.4 Å². The number of halogens is 1. The van der Waals surface area contributed by atoms with Crippen molar-refractivity contribution >= 4 is 17.5 Å². The van der Waals surface area contributed by atoms with Crippen molar-refractivity contribution in [1.29, 1.82) is 0 Å². The molecule has 2 N–H and O–H groups in total. The highest BCUT2D eigenvalue weighted by atomic mass is 35.5. The summed E-state index contributed by atoms with van der Waals surface area (Å²) in [5.41, 5.74) is 0.971. The number of benzene rings is 1. The van der Waals surface area contributed by atoms with Gasteiger partial charge in [0.15, 0.2) is 0 Å². The molecular formula is C16H20ClN3O. The lowest BCUT2D eigenvalue weighted by atomic mass is 9.87. The first-order valence-electron chi connectivity index (χ1n) is 7.04. The van der Waals surface area contributed by atoms with Gasteiger partial charge in [-0.3, -0.25) is 4.79 Å². The number of hydrogen-bond donors (Lipinski definition) is 2. The van der Waals surface area contributed by atoms with Gasteiger partial charge >= 0.3 is 0 Å². The molecule has 2 aromatic rings. The lowest BCUT2D eigenvalue weighted by molar-refractivity contribution is -0.124. The summed E-state index contributed by atoms with van der Waals surface area (Å²) in [5.74, 6) is 0.729. The Morgan fingerprint density at radius 2 is 1.90 bits per heavy atom. The van der Waals surface area contributed by atoms with E-state index in [4.69, 9.17) is 11.6 Å². The molecule has 0 aliphatic heterocycles. The number of rotatable bonds is 5. The summed E-state index contributed by atoms with van der Waals surface area (Å²) in [6, 6.07) is 7.29. The fourth-order valence-electron chi connectivity index (χ4n) is 2.39. The van der Waals surface area contributed by atoms with E-state index in [0.717, 1.165) is 11.4 Å². The van der Waals surface area contributed by atoms with Crippen LogP contribution in [0.15, 0.2) is 36.7 Å². The fraction of sp³-hybridized carbons (Fsp3) is 0.375. The molecule has 0 bridgehead atoms. The minimum atomic E-state index is -0.209. The van der Waals surface area contributed by atoms with Gasteiger partial charge in [-0.1, -0.05) is 37.6 Å². The van der Waals surface area contributed by atoms with Crippen LogP contribution in [0.4, 0.5) is 0 Å². The van der Waals surface area contributed by atoms with Gasteiger partial charge in [-0.2, -0.15) is 0 Å². The summed E-state index contributed by atoms with van der Waals surface area (Å²) in [4.78, 5) is 19.8. The van der Waals surface area contributed by atoms with Gasteiger partial charge in [0, 0.05) is 17.4 Å². The van der Waals surface area contributed by atoms with Crippen LogP contribution in [0, 0.1) is 5.92 Å². The predicted octanol–water partition coefficient (Wildman–Crippen LogP) is 3.68. The van der Waals surface area contributed by atoms with Gasteiger partial charge in [0.25, 0.3) is 0 Å². The molecule has 1 amide bonds. The zero-order valence-corrected chi connectivity index (χ0v) is 13.2. The number of nitrogens with zero attached hydrogens (tertiary/aromatic N) is 1. The molecule has 2 rings (SSSR count). The van der Waals surface area contributed by atoms with E-state index in [2.05, 4.69) is 15.3 Å². The largest absolute Gasteiger partial charge is 0.347 e. The third-order valence-electron chi connectivity index (χ3n) is 3.47. The van der Waals surface area contributed by atoms with E-state index in [1.807, 2.05) is 45.0 Å². The van der Waals surface area contributed by atoms with Gasteiger partial charge in [0.05, 0.1) is 12.0 Å². The van der Waals surface area contributed by atoms with Gasteiger partial charge < -0.3 is 10.3 Å². The van der Waals surface area contributed by atoms with E-state index in [1.165, 1.54) is 0 Å². The molecule has 0 aliphatic carbocycles. The Bertz CT molecular complexity index is 578. The number of carbonyl (C=O) groups is 1. The highest BCUT2D eigenvalue weighted by Gasteiger charge is 2.25. The Morgan fingerprint density at radius 1 is 1.24 bits per heavy atom. The molecule has 0 saturated carbocycles. The van der Waals surface area contributed by atoms with Crippen LogP contribution in [0.1, 0.15) is 44.1 Å². The van der Waals surface area contributed by atoms with Crippen LogP contribution in [0.5, 0.6) is 0 Å². The first kappa shape index (κ1) is 15.6. The topological polar surface area (TPSA) is 57.8 Å². The molecule has 0 fully saturated rings. The van der Waals surface area contributed by atoms with Gasteiger partial charge in [-0.25, -0.2) is 4.98 Å². The van der Waals surface area contributed by atoms with Crippen molar-refractivity contribution in [2.45, 2.75) is 32.7 Å². The van der Waals surface area contributed by atoms with Crippen LogP contribution in [-0.2, 0) is 4.79 Å². The summed E-state index contributed by atoms with van der Waals surface area (Å²) in [6.45, 7) is 5.99. The first-order valence-corrected chi connectivity index (χ1v) is 7.42. The average molecular weight is 306 g/mol. The van der Waals surface area contributed by atoms with Gasteiger partial charge in [0.1, 0.15) is 5.82 Å². The van der Waals surface area contributed by atoms with Gasteiger partial charge in [-0.15, -0.1) is 0 Å². The summed E-state index contributed by atoms with van der Waals surface area (Å²) >= 11 is 5.91. The first-order chi connectivity index (χ1) is 9.99. The third kappa shape index (κ3) is 3.85. The standard InChI is InChI=1S/C16H20ClN3O/c1-10(2)14(12-4-6-13(17)7-5-12)16(21)20-11(3)15-18-8-9-19-15/h4-11,14H,1-3H3,(H,18,19)(H,20,21). The fourth-order valence-corrected chi connectivity index (χ4v) is 2.52. The highest BCUT2D eigenvalue weighted by molar-refractivity contribution is 6.30. The maximum absolute atomic E-state index is 12.6. The zero-order chi connectivity index (χ0) is 15.4. The summed E-state index contributed by atoms with van der Waals surface area (Å²) in [5, 5.41) is 3.68. The lowest BCUT2D eigenvalue weighted by Gasteiger charge is -2.23. The second-order valence-electron chi connectivity index (χ2n) is 5.48. The Hall–Kier alpha value is -1.81. The maximum atomic E-state index is 12.6. The molecule has 0 radical (unpaired) electrons. The van der Waals surface area contributed by atoms with E-state index in [0.29, 0.717) is 5.02 Å². The average Bonchev–Trinajstić information content (AvgIpc) is 2.95. The summed E-state index contributed by atoms with van der Waals surface area (Å²) < 4.78 is 0. The van der Waals surface area contributed by atoms with Crippen LogP contribution in [-0.4, -0.2) is 15.9 Å². The van der Waals surface area contributed by atoms with Crippen molar-refractivity contribution in [1.82, 2.24) is 15.3 Å². The molecule has 0 spiro atoms. The number of hydrogen-bond acceptors (Lipinski definition) is 2. The van der Waals surface area contributed by atoms with E-state index in [9.17, 15) is 4.79 Å². The Morgan fingerprint density at radius 3 is 2.43 bits per heavy atom. The van der Waals surface area contributed by atoms with E-state index in [-0.39, 0.29) is 23.8 Å². The molecular weight excluding hydrogens is 286 g/mol. The molecule has 21 heavy (non-hydrogen) atoms. The minimum absolute atomic E-state index is 0.00350. The molecule has 2 atom stereocenters. The van der Waals surface area contributed by atoms with Crippen LogP contribution in [0.25, 0.3) is 0 Å². The SMILES string of the molecule is CC(NC(=O)C(c1ccc(Cl)cc1)C(C)C)c1ncc[nH]1. The predicted molar refractivity (Wildman–Crippen MR) is 84.2 cm³/mol. The molecule has 2 unspecified atom stereocenters. The molecule has 1 aromatic heterocycles. The number of carbonyl (C=O) groups excluding carboxylic acids is 1. The Kier molecular flexibility index (Phi) is 5.02. The molecule has 1 aromatic carbocycles. The Labute approximate surface area is 129 Å². The minimum Gasteiger partial charge on any atom is -0.347 e. The molecule has 5 heteroatoms. The molecule has 0 saturated heterocycles. The quantitative estimate of drug-likeness (QED) is 0.885. The monoisotopic (exact) mass is 305 g/mol. The van der Waals surface area contributed by atoms with Crippen molar-refractivity contribution in [3.8, 4) is 0 Å². The summed E-state index contributed by atoms with van der Waals surface area (Å²) in [6.07, 6.45) is 3.42. The normalized spacial score (nSPS) is 14.0. The second-order valence-corrected chi connectivity index (χ2v) is 5.91. The highest BCUT2D eigenvalue weighted by Crippen LogP contribution is 2.26. The number of aromatic amines is 1. The lowest BCUT2D eigenvalue weighted by Crippen LogP contribution is -2.34. The number of nitrogens with one attached hydrogen (secondary N) is 2. The van der Waals surface area contributed by atoms with Crippen molar-refractivity contribution in [2.24, 2.45) is 5.92 Å². The van der Waals surface area contributed by atoms with E-state index < -0.39 is 0 Å². The number of H-pyrrole nitrogens is 1. The molecule has 112 valence electrons.